The maximum absolute atomic E-state index is 13.5. The van der Waals surface area contributed by atoms with Crippen LogP contribution >= 0.6 is 22.9 Å². The zero-order chi connectivity index (χ0) is 14.1. The molecule has 0 fully saturated rings. The van der Waals surface area contributed by atoms with Crippen molar-refractivity contribution < 1.29 is 9.18 Å². The van der Waals surface area contributed by atoms with Gasteiger partial charge in [0.05, 0.1) is 10.7 Å². The Hall–Kier alpha value is -1.91. The number of amides is 1. The van der Waals surface area contributed by atoms with Crippen LogP contribution in [0.3, 0.4) is 0 Å². The van der Waals surface area contributed by atoms with Gasteiger partial charge in [-0.1, -0.05) is 49.4 Å². The monoisotopic (exact) mass is 321 g/mol. The standard InChI is InChI=1S/C15H9ClFNOS.CH4/c16-13-9-5-1-4-8-12(9)20-14(13)15(19)18-11-7-3-2-6-10(11)17;/h1-8H,(H,18,19);1H4. The maximum atomic E-state index is 13.5. The second-order valence-electron chi connectivity index (χ2n) is 4.18. The Balaban J connectivity index is 0.00000161. The van der Waals surface area contributed by atoms with Crippen LogP contribution in [0.15, 0.2) is 48.5 Å². The van der Waals surface area contributed by atoms with E-state index in [0.29, 0.717) is 9.90 Å². The summed E-state index contributed by atoms with van der Waals surface area (Å²) in [6.45, 7) is 0. The Bertz CT molecular complexity index is 800. The van der Waals surface area contributed by atoms with Crippen LogP contribution in [0.2, 0.25) is 5.02 Å². The minimum Gasteiger partial charge on any atom is -0.319 e. The summed E-state index contributed by atoms with van der Waals surface area (Å²) in [6.07, 6.45) is 0. The van der Waals surface area contributed by atoms with Crippen LogP contribution in [-0.4, -0.2) is 5.91 Å². The van der Waals surface area contributed by atoms with Gasteiger partial charge >= 0.3 is 0 Å². The van der Waals surface area contributed by atoms with Gasteiger partial charge in [0, 0.05) is 10.1 Å². The van der Waals surface area contributed by atoms with E-state index in [1.54, 1.807) is 12.1 Å². The summed E-state index contributed by atoms with van der Waals surface area (Å²) in [5, 5.41) is 3.77. The van der Waals surface area contributed by atoms with Crippen LogP contribution in [-0.2, 0) is 0 Å². The second kappa shape index (κ2) is 6.24. The molecule has 0 bridgehead atoms. The molecular formula is C16H13ClFNOS. The molecule has 5 heteroatoms. The summed E-state index contributed by atoms with van der Waals surface area (Å²) in [5.41, 5.74) is 0.144. The second-order valence-corrected chi connectivity index (χ2v) is 5.61. The Morgan fingerprint density at radius 2 is 1.76 bits per heavy atom. The van der Waals surface area contributed by atoms with Crippen molar-refractivity contribution in [3.05, 3.63) is 64.2 Å². The number of fused-ring (bicyclic) bond motifs is 1. The number of rotatable bonds is 2. The molecule has 0 unspecified atom stereocenters. The smallest absolute Gasteiger partial charge is 0.267 e. The molecule has 0 saturated heterocycles. The Labute approximate surface area is 131 Å². The molecule has 1 amide bonds. The fraction of sp³-hybridized carbons (Fsp3) is 0.0625. The largest absolute Gasteiger partial charge is 0.319 e. The van der Waals surface area contributed by atoms with E-state index in [-0.39, 0.29) is 13.1 Å². The lowest BCUT2D eigenvalue weighted by Crippen LogP contribution is -2.11. The molecule has 0 atom stereocenters. The van der Waals surface area contributed by atoms with Gasteiger partial charge in [0.15, 0.2) is 0 Å². The molecule has 1 N–H and O–H groups in total. The molecule has 0 spiro atoms. The quantitative estimate of drug-likeness (QED) is 0.655. The number of nitrogens with one attached hydrogen (secondary N) is 1. The Kier molecular flexibility index (Phi) is 4.60. The molecule has 0 radical (unpaired) electrons. The molecule has 3 aromatic rings. The number of anilines is 1. The number of thiophene rings is 1. The maximum Gasteiger partial charge on any atom is 0.267 e. The molecule has 3 rings (SSSR count). The van der Waals surface area contributed by atoms with Crippen molar-refractivity contribution >= 4 is 44.6 Å². The van der Waals surface area contributed by atoms with Gasteiger partial charge in [-0.25, -0.2) is 4.39 Å². The van der Waals surface area contributed by atoms with Gasteiger partial charge in [-0.15, -0.1) is 11.3 Å². The molecular weight excluding hydrogens is 309 g/mol. The molecule has 21 heavy (non-hydrogen) atoms. The fourth-order valence-corrected chi connectivity index (χ4v) is 3.31. The number of benzene rings is 2. The summed E-state index contributed by atoms with van der Waals surface area (Å²) in [6, 6.07) is 13.5. The normalized spacial score (nSPS) is 10.2. The lowest BCUT2D eigenvalue weighted by atomic mass is 10.2. The summed E-state index contributed by atoms with van der Waals surface area (Å²) in [5.74, 6) is -0.876. The van der Waals surface area contributed by atoms with E-state index in [1.165, 1.54) is 23.5 Å². The molecule has 2 aromatic carbocycles. The van der Waals surface area contributed by atoms with E-state index in [1.807, 2.05) is 24.3 Å². The van der Waals surface area contributed by atoms with Crippen LogP contribution in [0.1, 0.15) is 17.1 Å². The average Bonchev–Trinajstić information content (AvgIpc) is 2.79. The minimum atomic E-state index is -0.474. The van der Waals surface area contributed by atoms with Gasteiger partial charge in [0.25, 0.3) is 5.91 Å². The van der Waals surface area contributed by atoms with Gasteiger partial charge < -0.3 is 5.32 Å². The van der Waals surface area contributed by atoms with E-state index in [2.05, 4.69) is 5.32 Å². The van der Waals surface area contributed by atoms with E-state index >= 15 is 0 Å². The summed E-state index contributed by atoms with van der Waals surface area (Å²) in [7, 11) is 0. The van der Waals surface area contributed by atoms with Crippen molar-refractivity contribution in [2.75, 3.05) is 5.32 Å². The molecule has 2 nitrogen and oxygen atoms in total. The fourth-order valence-electron chi connectivity index (χ4n) is 1.90. The molecule has 1 heterocycles. The van der Waals surface area contributed by atoms with Crippen molar-refractivity contribution in [3.8, 4) is 0 Å². The van der Waals surface area contributed by atoms with Crippen LogP contribution in [0.5, 0.6) is 0 Å². The molecule has 0 aliphatic carbocycles. The zero-order valence-electron chi connectivity index (χ0n) is 10.2. The van der Waals surface area contributed by atoms with Gasteiger partial charge in [-0.3, -0.25) is 4.79 Å². The number of hydrogen-bond donors (Lipinski definition) is 1. The lowest BCUT2D eigenvalue weighted by molar-refractivity contribution is 0.103. The number of carbonyl (C=O) groups excluding carboxylic acids is 1. The van der Waals surface area contributed by atoms with Crippen LogP contribution < -0.4 is 5.32 Å². The summed E-state index contributed by atoms with van der Waals surface area (Å²) >= 11 is 7.50. The topological polar surface area (TPSA) is 29.1 Å². The van der Waals surface area contributed by atoms with E-state index in [4.69, 9.17) is 11.6 Å². The predicted molar refractivity (Wildman–Crippen MR) is 87.9 cm³/mol. The molecule has 108 valence electrons. The first kappa shape index (κ1) is 15.5. The van der Waals surface area contributed by atoms with Crippen molar-refractivity contribution in [2.45, 2.75) is 7.43 Å². The highest BCUT2D eigenvalue weighted by Crippen LogP contribution is 2.35. The third-order valence-electron chi connectivity index (χ3n) is 2.86. The average molecular weight is 322 g/mol. The van der Waals surface area contributed by atoms with Gasteiger partial charge in [-0.05, 0) is 18.2 Å². The van der Waals surface area contributed by atoms with E-state index in [0.717, 1.165) is 10.1 Å². The highest BCUT2D eigenvalue weighted by atomic mass is 35.5. The highest BCUT2D eigenvalue weighted by molar-refractivity contribution is 7.21. The van der Waals surface area contributed by atoms with Crippen molar-refractivity contribution in [1.29, 1.82) is 0 Å². The predicted octanol–water partition coefficient (Wildman–Crippen LogP) is 5.58. The van der Waals surface area contributed by atoms with Crippen LogP contribution in [0.4, 0.5) is 10.1 Å². The first-order valence-corrected chi connectivity index (χ1v) is 7.09. The molecule has 1 aromatic heterocycles. The van der Waals surface area contributed by atoms with Crippen molar-refractivity contribution in [3.63, 3.8) is 0 Å². The van der Waals surface area contributed by atoms with Crippen molar-refractivity contribution in [1.82, 2.24) is 0 Å². The summed E-state index contributed by atoms with van der Waals surface area (Å²) < 4.78 is 14.5. The third-order valence-corrected chi connectivity index (χ3v) is 4.54. The first-order valence-electron chi connectivity index (χ1n) is 5.90. The first-order chi connectivity index (χ1) is 9.66. The number of carbonyl (C=O) groups is 1. The number of para-hydroxylation sites is 1. The summed E-state index contributed by atoms with van der Waals surface area (Å²) in [4.78, 5) is 12.6. The van der Waals surface area contributed by atoms with Gasteiger partial charge in [0.2, 0.25) is 0 Å². The molecule has 0 saturated carbocycles. The number of halogens is 2. The van der Waals surface area contributed by atoms with E-state index in [9.17, 15) is 9.18 Å². The lowest BCUT2D eigenvalue weighted by Gasteiger charge is -2.04. The third kappa shape index (κ3) is 2.91. The minimum absolute atomic E-state index is 0. The van der Waals surface area contributed by atoms with Gasteiger partial charge in [0.1, 0.15) is 10.7 Å². The SMILES string of the molecule is C.O=C(Nc1ccccc1F)c1sc2ccccc2c1Cl. The Morgan fingerprint density at radius 3 is 2.48 bits per heavy atom. The van der Waals surface area contributed by atoms with Crippen molar-refractivity contribution in [2.24, 2.45) is 0 Å². The highest BCUT2D eigenvalue weighted by Gasteiger charge is 2.17. The van der Waals surface area contributed by atoms with Crippen LogP contribution in [0.25, 0.3) is 10.1 Å². The molecule has 0 aliphatic rings. The van der Waals surface area contributed by atoms with E-state index < -0.39 is 11.7 Å². The molecule has 0 aliphatic heterocycles. The van der Waals surface area contributed by atoms with Gasteiger partial charge in [-0.2, -0.15) is 0 Å². The number of hydrogen-bond acceptors (Lipinski definition) is 2. The zero-order valence-corrected chi connectivity index (χ0v) is 11.8. The van der Waals surface area contributed by atoms with Crippen LogP contribution in [0, 0.1) is 5.82 Å². The Morgan fingerprint density at radius 1 is 1.10 bits per heavy atom.